The minimum absolute atomic E-state index is 0.272. The van der Waals surface area contributed by atoms with Crippen molar-refractivity contribution >= 4 is 17.6 Å². The maximum atomic E-state index is 13.2. The molecule has 1 atom stereocenters. The van der Waals surface area contributed by atoms with Gasteiger partial charge in [-0.2, -0.15) is 4.80 Å². The Morgan fingerprint density at radius 1 is 1.21 bits per heavy atom. The van der Waals surface area contributed by atoms with Crippen molar-refractivity contribution in [2.24, 2.45) is 0 Å². The number of tetrazole rings is 1. The van der Waals surface area contributed by atoms with E-state index in [-0.39, 0.29) is 12.2 Å². The molecule has 0 saturated carbocycles. The van der Waals surface area contributed by atoms with E-state index in [1.54, 1.807) is 0 Å². The first-order chi connectivity index (χ1) is 13.4. The van der Waals surface area contributed by atoms with E-state index in [1.165, 1.54) is 31.2 Å². The fraction of sp³-hybridized carbons (Fsp3) is 0.211. The number of ether oxygens (including phenoxy) is 1. The number of hydrogen-bond donors (Lipinski definition) is 1. The van der Waals surface area contributed by atoms with E-state index in [1.807, 2.05) is 31.2 Å². The van der Waals surface area contributed by atoms with Crippen molar-refractivity contribution in [3.05, 3.63) is 59.9 Å². The number of aromatic nitrogens is 4. The van der Waals surface area contributed by atoms with Crippen molar-refractivity contribution in [3.8, 4) is 11.4 Å². The summed E-state index contributed by atoms with van der Waals surface area (Å²) in [5, 5.41) is 14.3. The molecule has 0 saturated heterocycles. The van der Waals surface area contributed by atoms with Gasteiger partial charge in [0, 0.05) is 11.3 Å². The van der Waals surface area contributed by atoms with Crippen LogP contribution in [0.25, 0.3) is 11.4 Å². The normalized spacial score (nSPS) is 11.7. The van der Waals surface area contributed by atoms with Crippen LogP contribution < -0.4 is 5.32 Å². The molecule has 1 heterocycles. The standard InChI is InChI=1S/C19H18FN5O3/c1-12-6-8-14(9-7-12)18-22-24-25(23-18)11-17(26)28-13(2)19(27)21-16-5-3-4-15(20)10-16/h3-10,13H,11H2,1-2H3,(H,21,27)/t13-/m0/s1. The number of nitrogens with one attached hydrogen (secondary N) is 1. The molecule has 1 N–H and O–H groups in total. The van der Waals surface area contributed by atoms with Crippen LogP contribution in [0, 0.1) is 12.7 Å². The van der Waals surface area contributed by atoms with Gasteiger partial charge in [0.1, 0.15) is 5.82 Å². The zero-order valence-corrected chi connectivity index (χ0v) is 15.3. The van der Waals surface area contributed by atoms with Crippen molar-refractivity contribution in [2.45, 2.75) is 26.5 Å². The van der Waals surface area contributed by atoms with Crippen LogP contribution in [-0.2, 0) is 20.9 Å². The molecule has 1 aromatic heterocycles. The first-order valence-electron chi connectivity index (χ1n) is 8.51. The highest BCUT2D eigenvalue weighted by atomic mass is 19.1. The van der Waals surface area contributed by atoms with Gasteiger partial charge in [-0.15, -0.1) is 10.2 Å². The third kappa shape index (κ3) is 4.97. The summed E-state index contributed by atoms with van der Waals surface area (Å²) < 4.78 is 18.2. The van der Waals surface area contributed by atoms with Gasteiger partial charge in [-0.1, -0.05) is 35.9 Å². The quantitative estimate of drug-likeness (QED) is 0.656. The number of carbonyl (C=O) groups is 2. The van der Waals surface area contributed by atoms with Gasteiger partial charge in [-0.3, -0.25) is 4.79 Å². The molecule has 0 aliphatic heterocycles. The summed E-state index contributed by atoms with van der Waals surface area (Å²) in [6, 6.07) is 13.0. The molecule has 2 aromatic carbocycles. The molecule has 0 aliphatic rings. The van der Waals surface area contributed by atoms with Crippen LogP contribution >= 0.6 is 0 Å². The predicted molar refractivity (Wildman–Crippen MR) is 98.6 cm³/mol. The number of rotatable bonds is 6. The molecule has 144 valence electrons. The highest BCUT2D eigenvalue weighted by Gasteiger charge is 2.19. The third-order valence-corrected chi connectivity index (χ3v) is 3.80. The van der Waals surface area contributed by atoms with E-state index in [4.69, 9.17) is 4.74 Å². The van der Waals surface area contributed by atoms with Gasteiger partial charge in [-0.25, -0.2) is 9.18 Å². The molecule has 0 unspecified atom stereocenters. The van der Waals surface area contributed by atoms with Crippen LogP contribution in [0.4, 0.5) is 10.1 Å². The van der Waals surface area contributed by atoms with Crippen LogP contribution in [0.1, 0.15) is 12.5 Å². The van der Waals surface area contributed by atoms with Gasteiger partial charge in [0.15, 0.2) is 12.6 Å². The zero-order valence-electron chi connectivity index (χ0n) is 15.3. The van der Waals surface area contributed by atoms with Crippen molar-refractivity contribution in [1.29, 1.82) is 0 Å². The molecule has 0 bridgehead atoms. The summed E-state index contributed by atoms with van der Waals surface area (Å²) in [6.07, 6.45) is -1.07. The molecule has 8 nitrogen and oxygen atoms in total. The van der Waals surface area contributed by atoms with Crippen molar-refractivity contribution < 1.29 is 18.7 Å². The van der Waals surface area contributed by atoms with Crippen LogP contribution in [0.2, 0.25) is 0 Å². The number of halogens is 1. The lowest BCUT2D eigenvalue weighted by Crippen LogP contribution is -2.31. The molecule has 28 heavy (non-hydrogen) atoms. The molecule has 0 radical (unpaired) electrons. The predicted octanol–water partition coefficient (Wildman–Crippen LogP) is 2.36. The highest BCUT2D eigenvalue weighted by Crippen LogP contribution is 2.14. The summed E-state index contributed by atoms with van der Waals surface area (Å²) in [5.74, 6) is -1.38. The number of benzene rings is 2. The lowest BCUT2D eigenvalue weighted by atomic mass is 10.1. The van der Waals surface area contributed by atoms with Gasteiger partial charge in [0.05, 0.1) is 0 Å². The fourth-order valence-electron chi connectivity index (χ4n) is 2.34. The number of esters is 1. The fourth-order valence-corrected chi connectivity index (χ4v) is 2.34. The lowest BCUT2D eigenvalue weighted by molar-refractivity contribution is -0.154. The summed E-state index contributed by atoms with van der Waals surface area (Å²) in [6.45, 7) is 3.09. The topological polar surface area (TPSA) is 99.0 Å². The first kappa shape index (κ1) is 19.2. The maximum absolute atomic E-state index is 13.2. The molecule has 0 aliphatic carbocycles. The second kappa shape index (κ2) is 8.38. The zero-order chi connectivity index (χ0) is 20.1. The minimum atomic E-state index is -1.07. The molecule has 0 spiro atoms. The van der Waals surface area contributed by atoms with Crippen molar-refractivity contribution in [2.75, 3.05) is 5.32 Å². The van der Waals surface area contributed by atoms with E-state index in [2.05, 4.69) is 20.7 Å². The molecular weight excluding hydrogens is 365 g/mol. The number of hydrogen-bond acceptors (Lipinski definition) is 6. The number of carbonyl (C=O) groups excluding carboxylic acids is 2. The summed E-state index contributed by atoms with van der Waals surface area (Å²) in [4.78, 5) is 25.2. The van der Waals surface area contributed by atoms with Crippen LogP contribution in [-0.4, -0.2) is 38.2 Å². The van der Waals surface area contributed by atoms with E-state index in [9.17, 15) is 14.0 Å². The summed E-state index contributed by atoms with van der Waals surface area (Å²) >= 11 is 0. The van der Waals surface area contributed by atoms with Crippen LogP contribution in [0.5, 0.6) is 0 Å². The van der Waals surface area contributed by atoms with E-state index < -0.39 is 23.8 Å². The number of anilines is 1. The Bertz CT molecular complexity index is 987. The highest BCUT2D eigenvalue weighted by molar-refractivity contribution is 5.95. The van der Waals surface area contributed by atoms with E-state index in [0.29, 0.717) is 5.82 Å². The Hall–Kier alpha value is -3.62. The second-order valence-electron chi connectivity index (χ2n) is 6.14. The number of nitrogens with zero attached hydrogens (tertiary/aromatic N) is 4. The Morgan fingerprint density at radius 3 is 2.68 bits per heavy atom. The summed E-state index contributed by atoms with van der Waals surface area (Å²) in [5.41, 5.74) is 2.15. The van der Waals surface area contributed by atoms with Gasteiger partial charge >= 0.3 is 5.97 Å². The van der Waals surface area contributed by atoms with E-state index >= 15 is 0 Å². The van der Waals surface area contributed by atoms with Crippen LogP contribution in [0.3, 0.4) is 0 Å². The van der Waals surface area contributed by atoms with Gasteiger partial charge in [-0.05, 0) is 37.3 Å². The van der Waals surface area contributed by atoms with Crippen LogP contribution in [0.15, 0.2) is 48.5 Å². The Kier molecular flexibility index (Phi) is 5.73. The second-order valence-corrected chi connectivity index (χ2v) is 6.14. The smallest absolute Gasteiger partial charge is 0.330 e. The maximum Gasteiger partial charge on any atom is 0.330 e. The molecule has 0 fully saturated rings. The average Bonchev–Trinajstić information content (AvgIpc) is 3.10. The first-order valence-corrected chi connectivity index (χ1v) is 8.51. The molecular formula is C19H18FN5O3. The van der Waals surface area contributed by atoms with Crippen molar-refractivity contribution in [3.63, 3.8) is 0 Å². The monoisotopic (exact) mass is 383 g/mol. The Balaban J connectivity index is 1.55. The van der Waals surface area contributed by atoms with Gasteiger partial charge < -0.3 is 10.1 Å². The van der Waals surface area contributed by atoms with E-state index in [0.717, 1.165) is 15.9 Å². The van der Waals surface area contributed by atoms with Gasteiger partial charge in [0.2, 0.25) is 5.82 Å². The van der Waals surface area contributed by atoms with Crippen molar-refractivity contribution in [1.82, 2.24) is 20.2 Å². The van der Waals surface area contributed by atoms with Gasteiger partial charge in [0.25, 0.3) is 5.91 Å². The largest absolute Gasteiger partial charge is 0.451 e. The molecule has 3 rings (SSSR count). The molecule has 1 amide bonds. The molecule has 9 heteroatoms. The minimum Gasteiger partial charge on any atom is -0.451 e. The number of amides is 1. The third-order valence-electron chi connectivity index (χ3n) is 3.80. The average molecular weight is 383 g/mol. The Morgan fingerprint density at radius 2 is 1.96 bits per heavy atom. The number of aryl methyl sites for hydroxylation is 1. The Labute approximate surface area is 160 Å². The SMILES string of the molecule is Cc1ccc(-c2nnn(CC(=O)O[C@@H](C)C(=O)Nc3cccc(F)c3)n2)cc1. The lowest BCUT2D eigenvalue weighted by Gasteiger charge is -2.13. The molecule has 3 aromatic rings. The summed E-state index contributed by atoms with van der Waals surface area (Å²) in [7, 11) is 0.